The molecule has 1 aliphatic heterocycles. The Labute approximate surface area is 96.4 Å². The SMILES string of the molecule is CN1C=Cc2ccnc3c(Br)ccc1c23. The molecular weight excluding hydrogens is 252 g/mol. The third-order valence-electron chi connectivity index (χ3n) is 2.71. The topological polar surface area (TPSA) is 16.1 Å². The van der Waals surface area contributed by atoms with Gasteiger partial charge in [-0.1, -0.05) is 0 Å². The number of rotatable bonds is 0. The lowest BCUT2D eigenvalue weighted by Crippen LogP contribution is -2.11. The second-order valence-electron chi connectivity index (χ2n) is 3.62. The van der Waals surface area contributed by atoms with Gasteiger partial charge in [-0.2, -0.15) is 0 Å². The minimum absolute atomic E-state index is 1.03. The number of hydrogen-bond acceptors (Lipinski definition) is 2. The van der Waals surface area contributed by atoms with Gasteiger partial charge in [-0.15, -0.1) is 0 Å². The molecule has 0 fully saturated rings. The summed E-state index contributed by atoms with van der Waals surface area (Å²) in [6.07, 6.45) is 6.04. The predicted molar refractivity (Wildman–Crippen MR) is 66.9 cm³/mol. The van der Waals surface area contributed by atoms with E-state index in [2.05, 4.69) is 51.2 Å². The van der Waals surface area contributed by atoms with Gasteiger partial charge in [0.25, 0.3) is 0 Å². The number of halogens is 1. The Morgan fingerprint density at radius 3 is 3.00 bits per heavy atom. The predicted octanol–water partition coefficient (Wildman–Crippen LogP) is 3.42. The molecule has 0 aliphatic carbocycles. The molecule has 1 aromatic carbocycles. The summed E-state index contributed by atoms with van der Waals surface area (Å²) < 4.78 is 1.05. The van der Waals surface area contributed by atoms with Crippen LogP contribution < -0.4 is 4.90 Å². The monoisotopic (exact) mass is 260 g/mol. The van der Waals surface area contributed by atoms with Gasteiger partial charge in [0.15, 0.2) is 0 Å². The normalized spacial score (nSPS) is 13.6. The van der Waals surface area contributed by atoms with Crippen molar-refractivity contribution in [2.75, 3.05) is 11.9 Å². The van der Waals surface area contributed by atoms with E-state index in [1.807, 2.05) is 18.3 Å². The van der Waals surface area contributed by atoms with Gasteiger partial charge < -0.3 is 4.90 Å². The summed E-state index contributed by atoms with van der Waals surface area (Å²) in [5, 5.41) is 1.22. The second-order valence-corrected chi connectivity index (χ2v) is 4.47. The summed E-state index contributed by atoms with van der Waals surface area (Å²) in [5.41, 5.74) is 3.47. The van der Waals surface area contributed by atoms with E-state index in [0.29, 0.717) is 0 Å². The summed E-state index contributed by atoms with van der Waals surface area (Å²) in [4.78, 5) is 6.53. The zero-order chi connectivity index (χ0) is 10.4. The zero-order valence-corrected chi connectivity index (χ0v) is 9.82. The average molecular weight is 261 g/mol. The third-order valence-corrected chi connectivity index (χ3v) is 3.35. The largest absolute Gasteiger partial charge is 0.350 e. The molecule has 1 aromatic heterocycles. The fraction of sp³-hybridized carbons (Fsp3) is 0.0833. The molecule has 74 valence electrons. The van der Waals surface area contributed by atoms with Gasteiger partial charge in [-0.25, -0.2) is 0 Å². The Kier molecular flexibility index (Phi) is 1.83. The number of anilines is 1. The highest BCUT2D eigenvalue weighted by molar-refractivity contribution is 9.10. The lowest BCUT2D eigenvalue weighted by atomic mass is 10.0. The first-order valence-corrected chi connectivity index (χ1v) is 5.55. The molecule has 2 aromatic rings. The summed E-state index contributed by atoms with van der Waals surface area (Å²) in [5.74, 6) is 0. The first-order valence-electron chi connectivity index (χ1n) is 4.75. The van der Waals surface area contributed by atoms with E-state index < -0.39 is 0 Å². The van der Waals surface area contributed by atoms with Crippen molar-refractivity contribution in [2.45, 2.75) is 0 Å². The van der Waals surface area contributed by atoms with Crippen LogP contribution in [0.3, 0.4) is 0 Å². The van der Waals surface area contributed by atoms with E-state index in [-0.39, 0.29) is 0 Å². The highest BCUT2D eigenvalue weighted by Crippen LogP contribution is 2.36. The van der Waals surface area contributed by atoms with Crippen molar-refractivity contribution in [2.24, 2.45) is 0 Å². The molecule has 0 radical (unpaired) electrons. The van der Waals surface area contributed by atoms with Crippen LogP contribution >= 0.6 is 15.9 Å². The van der Waals surface area contributed by atoms with Crippen LogP contribution in [0, 0.1) is 0 Å². The molecule has 3 heteroatoms. The molecule has 0 saturated heterocycles. The molecule has 0 unspecified atom stereocenters. The van der Waals surface area contributed by atoms with Crippen molar-refractivity contribution in [1.82, 2.24) is 4.98 Å². The maximum atomic E-state index is 4.41. The molecule has 0 N–H and O–H groups in total. The number of benzene rings is 1. The highest BCUT2D eigenvalue weighted by atomic mass is 79.9. The van der Waals surface area contributed by atoms with Gasteiger partial charge in [-0.3, -0.25) is 4.98 Å². The van der Waals surface area contributed by atoms with Crippen molar-refractivity contribution in [3.8, 4) is 0 Å². The van der Waals surface area contributed by atoms with Crippen molar-refractivity contribution >= 4 is 38.6 Å². The zero-order valence-electron chi connectivity index (χ0n) is 8.24. The Balaban J connectivity index is 2.53. The van der Waals surface area contributed by atoms with Crippen LogP contribution in [0.5, 0.6) is 0 Å². The molecule has 0 saturated carbocycles. The fourth-order valence-electron chi connectivity index (χ4n) is 1.95. The smallest absolute Gasteiger partial charge is 0.0870 e. The lowest BCUT2D eigenvalue weighted by molar-refractivity contribution is 1.21. The van der Waals surface area contributed by atoms with Gasteiger partial charge in [0.2, 0.25) is 0 Å². The molecule has 2 heterocycles. The van der Waals surface area contributed by atoms with E-state index in [9.17, 15) is 0 Å². The minimum atomic E-state index is 1.03. The van der Waals surface area contributed by atoms with Crippen LogP contribution in [-0.4, -0.2) is 12.0 Å². The average Bonchev–Trinajstić information content (AvgIpc) is 2.26. The summed E-state index contributed by atoms with van der Waals surface area (Å²) in [6, 6.07) is 6.20. The first kappa shape index (κ1) is 8.92. The van der Waals surface area contributed by atoms with Gasteiger partial charge in [0.1, 0.15) is 0 Å². The Bertz CT molecular complexity index is 575. The minimum Gasteiger partial charge on any atom is -0.350 e. The van der Waals surface area contributed by atoms with Crippen LogP contribution in [0.15, 0.2) is 35.1 Å². The molecule has 0 bridgehead atoms. The van der Waals surface area contributed by atoms with E-state index in [4.69, 9.17) is 0 Å². The molecular formula is C12H9BrN2. The maximum Gasteiger partial charge on any atom is 0.0870 e. The fourth-order valence-corrected chi connectivity index (χ4v) is 2.38. The quantitative estimate of drug-likeness (QED) is 0.722. The van der Waals surface area contributed by atoms with Crippen molar-refractivity contribution in [3.63, 3.8) is 0 Å². The van der Waals surface area contributed by atoms with Crippen LogP contribution in [0.2, 0.25) is 0 Å². The molecule has 0 amide bonds. The van der Waals surface area contributed by atoms with E-state index in [1.54, 1.807) is 0 Å². The molecule has 3 rings (SSSR count). The number of pyridine rings is 1. The van der Waals surface area contributed by atoms with Crippen molar-refractivity contribution in [1.29, 1.82) is 0 Å². The Morgan fingerprint density at radius 1 is 1.27 bits per heavy atom. The van der Waals surface area contributed by atoms with E-state index in [1.165, 1.54) is 16.6 Å². The first-order chi connectivity index (χ1) is 7.27. The van der Waals surface area contributed by atoms with Crippen LogP contribution in [0.1, 0.15) is 5.56 Å². The Hall–Kier alpha value is -1.35. The van der Waals surface area contributed by atoms with Gasteiger partial charge in [0.05, 0.1) is 11.2 Å². The van der Waals surface area contributed by atoms with Crippen LogP contribution in [0.4, 0.5) is 5.69 Å². The standard InChI is InChI=1S/C12H9BrN2/c1-15-7-5-8-4-6-14-12-9(13)2-3-10(15)11(8)12/h2-7H,1H3. The van der Waals surface area contributed by atoms with Crippen molar-refractivity contribution < 1.29 is 0 Å². The maximum absolute atomic E-state index is 4.41. The van der Waals surface area contributed by atoms with E-state index >= 15 is 0 Å². The summed E-state index contributed by atoms with van der Waals surface area (Å²) >= 11 is 3.53. The molecule has 1 aliphatic rings. The van der Waals surface area contributed by atoms with Gasteiger partial charge >= 0.3 is 0 Å². The third kappa shape index (κ3) is 1.20. The number of nitrogens with zero attached hydrogens (tertiary/aromatic N) is 2. The molecule has 0 atom stereocenters. The molecule has 0 spiro atoms. The summed E-state index contributed by atoms with van der Waals surface area (Å²) in [7, 11) is 2.05. The molecule has 2 nitrogen and oxygen atoms in total. The number of aromatic nitrogens is 1. The highest BCUT2D eigenvalue weighted by Gasteiger charge is 2.13. The van der Waals surface area contributed by atoms with Crippen LogP contribution in [0.25, 0.3) is 17.0 Å². The van der Waals surface area contributed by atoms with Crippen LogP contribution in [-0.2, 0) is 0 Å². The van der Waals surface area contributed by atoms with E-state index in [0.717, 1.165) is 9.99 Å². The summed E-state index contributed by atoms with van der Waals surface area (Å²) in [6.45, 7) is 0. The van der Waals surface area contributed by atoms with Crippen molar-refractivity contribution in [3.05, 3.63) is 40.6 Å². The Morgan fingerprint density at radius 2 is 2.13 bits per heavy atom. The number of hydrogen-bond donors (Lipinski definition) is 0. The lowest BCUT2D eigenvalue weighted by Gasteiger charge is -2.22. The molecule has 15 heavy (non-hydrogen) atoms. The van der Waals surface area contributed by atoms with Gasteiger partial charge in [-0.05, 0) is 45.8 Å². The second kappa shape index (κ2) is 3.07. The van der Waals surface area contributed by atoms with Gasteiger partial charge in [0, 0.05) is 29.3 Å².